The number of rotatable bonds is 5. The normalized spacial score (nSPS) is 11.4. The van der Waals surface area contributed by atoms with Crippen LogP contribution in [0.15, 0.2) is 70.1 Å². The molecule has 0 aliphatic rings. The summed E-state index contributed by atoms with van der Waals surface area (Å²) in [5.74, 6) is 1.13. The fourth-order valence-corrected chi connectivity index (χ4v) is 2.98. The second kappa shape index (κ2) is 7.56. The van der Waals surface area contributed by atoms with Gasteiger partial charge in [0.1, 0.15) is 5.52 Å². The molecule has 4 aromatic rings. The molecule has 3 aromatic carbocycles. The van der Waals surface area contributed by atoms with Gasteiger partial charge in [-0.25, -0.2) is 4.98 Å². The van der Waals surface area contributed by atoms with Crippen molar-refractivity contribution in [3.63, 3.8) is 0 Å². The summed E-state index contributed by atoms with van der Waals surface area (Å²) in [5.41, 5.74) is 4.89. The van der Waals surface area contributed by atoms with E-state index in [1.54, 1.807) is 18.3 Å². The lowest BCUT2D eigenvalue weighted by molar-refractivity contribution is 0.318. The van der Waals surface area contributed by atoms with Crippen LogP contribution in [0.5, 0.6) is 11.5 Å². The third-order valence-corrected chi connectivity index (χ3v) is 4.41. The predicted molar refractivity (Wildman–Crippen MR) is 111 cm³/mol. The largest absolute Gasteiger partial charge is 0.504 e. The molecule has 0 amide bonds. The molecule has 0 spiro atoms. The summed E-state index contributed by atoms with van der Waals surface area (Å²) in [6, 6.07) is 18.9. The van der Waals surface area contributed by atoms with Crippen molar-refractivity contribution < 1.29 is 14.3 Å². The van der Waals surface area contributed by atoms with Crippen molar-refractivity contribution in [3.8, 4) is 23.0 Å². The summed E-state index contributed by atoms with van der Waals surface area (Å²) in [4.78, 5) is 9.06. The van der Waals surface area contributed by atoms with Gasteiger partial charge in [0.2, 0.25) is 5.89 Å². The SMILES string of the molecule is CCOc1cccc(C=Nc2ccc(-c3nc4ccccc4o3)cc2C)c1O. The lowest BCUT2D eigenvalue weighted by Gasteiger charge is -2.07. The molecular formula is C23H20N2O3. The number of para-hydroxylation sites is 3. The van der Waals surface area contributed by atoms with Crippen LogP contribution in [-0.4, -0.2) is 22.9 Å². The first-order valence-electron chi connectivity index (χ1n) is 9.11. The molecule has 0 saturated carbocycles. The minimum absolute atomic E-state index is 0.0915. The van der Waals surface area contributed by atoms with E-state index in [1.807, 2.05) is 62.4 Å². The van der Waals surface area contributed by atoms with Gasteiger partial charge < -0.3 is 14.3 Å². The van der Waals surface area contributed by atoms with Crippen LogP contribution in [0, 0.1) is 6.92 Å². The molecule has 0 aliphatic heterocycles. The highest BCUT2D eigenvalue weighted by molar-refractivity contribution is 5.87. The summed E-state index contributed by atoms with van der Waals surface area (Å²) in [7, 11) is 0. The van der Waals surface area contributed by atoms with Gasteiger partial charge in [-0.3, -0.25) is 4.99 Å². The Labute approximate surface area is 163 Å². The monoisotopic (exact) mass is 372 g/mol. The van der Waals surface area contributed by atoms with Gasteiger partial charge in [-0.05, 0) is 61.9 Å². The first kappa shape index (κ1) is 17.8. The first-order valence-corrected chi connectivity index (χ1v) is 9.11. The van der Waals surface area contributed by atoms with Crippen LogP contribution < -0.4 is 4.74 Å². The molecule has 28 heavy (non-hydrogen) atoms. The molecule has 0 aliphatic carbocycles. The number of phenols is 1. The fraction of sp³-hybridized carbons (Fsp3) is 0.130. The summed E-state index contributed by atoms with van der Waals surface area (Å²) >= 11 is 0. The number of benzene rings is 3. The lowest BCUT2D eigenvalue weighted by Crippen LogP contribution is -1.93. The molecule has 1 heterocycles. The molecule has 5 heteroatoms. The van der Waals surface area contributed by atoms with Crippen LogP contribution >= 0.6 is 0 Å². The van der Waals surface area contributed by atoms with E-state index in [-0.39, 0.29) is 5.75 Å². The number of hydrogen-bond acceptors (Lipinski definition) is 5. The Hall–Kier alpha value is -3.60. The molecule has 1 aromatic heterocycles. The third-order valence-electron chi connectivity index (χ3n) is 4.41. The van der Waals surface area contributed by atoms with Crippen molar-refractivity contribution in [3.05, 3.63) is 71.8 Å². The zero-order valence-corrected chi connectivity index (χ0v) is 15.7. The van der Waals surface area contributed by atoms with Gasteiger partial charge in [-0.2, -0.15) is 0 Å². The molecule has 0 radical (unpaired) electrons. The van der Waals surface area contributed by atoms with E-state index < -0.39 is 0 Å². The highest BCUT2D eigenvalue weighted by Crippen LogP contribution is 2.31. The molecule has 4 rings (SSSR count). The smallest absolute Gasteiger partial charge is 0.227 e. The number of aliphatic imine (C=N–C) groups is 1. The molecule has 1 N–H and O–H groups in total. The van der Waals surface area contributed by atoms with Crippen molar-refractivity contribution in [1.29, 1.82) is 0 Å². The van der Waals surface area contributed by atoms with Crippen LogP contribution in [0.4, 0.5) is 5.69 Å². The Balaban J connectivity index is 1.62. The summed E-state index contributed by atoms with van der Waals surface area (Å²) < 4.78 is 11.2. The number of hydrogen-bond donors (Lipinski definition) is 1. The van der Waals surface area contributed by atoms with Crippen molar-refractivity contribution >= 4 is 23.0 Å². The maximum absolute atomic E-state index is 10.3. The highest BCUT2D eigenvalue weighted by atomic mass is 16.5. The van der Waals surface area contributed by atoms with Crippen molar-refractivity contribution in [2.24, 2.45) is 4.99 Å². The summed E-state index contributed by atoms with van der Waals surface area (Å²) in [5, 5.41) is 10.3. The Morgan fingerprint density at radius 2 is 1.96 bits per heavy atom. The van der Waals surface area contributed by atoms with E-state index in [2.05, 4.69) is 9.98 Å². The van der Waals surface area contributed by atoms with E-state index in [9.17, 15) is 5.11 Å². The number of oxazole rings is 1. The standard InChI is InChI=1S/C23H20N2O3/c1-3-27-21-10-6-7-17(22(21)26)14-24-18-12-11-16(13-15(18)2)23-25-19-8-4-5-9-20(19)28-23/h4-14,26H,3H2,1-2H3. The second-order valence-corrected chi connectivity index (χ2v) is 6.37. The number of phenolic OH excluding ortho intramolecular Hbond substituents is 1. The summed E-state index contributed by atoms with van der Waals surface area (Å²) in [6.07, 6.45) is 1.64. The van der Waals surface area contributed by atoms with E-state index in [4.69, 9.17) is 9.15 Å². The summed E-state index contributed by atoms with van der Waals surface area (Å²) in [6.45, 7) is 4.35. The average molecular weight is 372 g/mol. The first-order chi connectivity index (χ1) is 13.7. The average Bonchev–Trinajstić information content (AvgIpc) is 3.14. The highest BCUT2D eigenvalue weighted by Gasteiger charge is 2.10. The zero-order chi connectivity index (χ0) is 19.5. The van der Waals surface area contributed by atoms with Gasteiger partial charge in [-0.15, -0.1) is 0 Å². The topological polar surface area (TPSA) is 67.9 Å². The third kappa shape index (κ3) is 3.47. The van der Waals surface area contributed by atoms with E-state index in [0.29, 0.717) is 23.8 Å². The molecule has 5 nitrogen and oxygen atoms in total. The molecule has 0 atom stereocenters. The van der Waals surface area contributed by atoms with E-state index >= 15 is 0 Å². The van der Waals surface area contributed by atoms with Gasteiger partial charge in [-0.1, -0.05) is 18.2 Å². The molecule has 0 unspecified atom stereocenters. The van der Waals surface area contributed by atoms with Crippen LogP contribution in [0.2, 0.25) is 0 Å². The number of aromatic nitrogens is 1. The Bertz CT molecular complexity index is 1130. The number of fused-ring (bicyclic) bond motifs is 1. The van der Waals surface area contributed by atoms with Crippen LogP contribution in [0.25, 0.3) is 22.6 Å². The molecule has 140 valence electrons. The van der Waals surface area contributed by atoms with E-state index in [0.717, 1.165) is 27.9 Å². The van der Waals surface area contributed by atoms with Gasteiger partial charge in [0, 0.05) is 17.3 Å². The molecule has 0 saturated heterocycles. The maximum Gasteiger partial charge on any atom is 0.227 e. The van der Waals surface area contributed by atoms with Gasteiger partial charge in [0.15, 0.2) is 17.1 Å². The number of nitrogens with zero attached hydrogens (tertiary/aromatic N) is 2. The van der Waals surface area contributed by atoms with Gasteiger partial charge in [0.25, 0.3) is 0 Å². The second-order valence-electron chi connectivity index (χ2n) is 6.37. The minimum atomic E-state index is 0.0915. The molecule has 0 bridgehead atoms. The minimum Gasteiger partial charge on any atom is -0.504 e. The molecule has 0 fully saturated rings. The van der Waals surface area contributed by atoms with Crippen molar-refractivity contribution in [1.82, 2.24) is 4.98 Å². The quantitative estimate of drug-likeness (QED) is 0.459. The maximum atomic E-state index is 10.3. The van der Waals surface area contributed by atoms with Crippen LogP contribution in [0.1, 0.15) is 18.1 Å². The van der Waals surface area contributed by atoms with Crippen molar-refractivity contribution in [2.45, 2.75) is 13.8 Å². The van der Waals surface area contributed by atoms with Crippen molar-refractivity contribution in [2.75, 3.05) is 6.61 Å². The number of aromatic hydroxyl groups is 1. The number of aryl methyl sites for hydroxylation is 1. The van der Waals surface area contributed by atoms with Crippen LogP contribution in [0.3, 0.4) is 0 Å². The van der Waals surface area contributed by atoms with Crippen LogP contribution in [-0.2, 0) is 0 Å². The zero-order valence-electron chi connectivity index (χ0n) is 15.7. The predicted octanol–water partition coefficient (Wildman–Crippen LogP) is 5.66. The van der Waals surface area contributed by atoms with Gasteiger partial charge >= 0.3 is 0 Å². The molecular weight excluding hydrogens is 352 g/mol. The lowest BCUT2D eigenvalue weighted by atomic mass is 10.1. The van der Waals surface area contributed by atoms with Gasteiger partial charge in [0.05, 0.1) is 12.3 Å². The Morgan fingerprint density at radius 1 is 1.11 bits per heavy atom. The Morgan fingerprint density at radius 3 is 2.75 bits per heavy atom. The van der Waals surface area contributed by atoms with E-state index in [1.165, 1.54) is 0 Å². The Kier molecular flexibility index (Phi) is 4.81. The number of ether oxygens (including phenoxy) is 1. The fourth-order valence-electron chi connectivity index (χ4n) is 2.98.